The van der Waals surface area contributed by atoms with Crippen molar-refractivity contribution >= 4 is 11.8 Å². The van der Waals surface area contributed by atoms with Crippen molar-refractivity contribution in [2.45, 2.75) is 26.0 Å². The summed E-state index contributed by atoms with van der Waals surface area (Å²) < 4.78 is 19.4. The van der Waals surface area contributed by atoms with Crippen molar-refractivity contribution in [3.63, 3.8) is 0 Å². The second-order valence-corrected chi connectivity index (χ2v) is 6.58. The van der Waals surface area contributed by atoms with E-state index in [0.29, 0.717) is 30.2 Å². The highest BCUT2D eigenvalue weighted by molar-refractivity contribution is 7.98. The molecule has 0 aliphatic carbocycles. The SMILES string of the molecule is CSCC(C)(O)CNCc1ccc(-c2cccc(F)c2C)o1. The molecule has 0 fully saturated rings. The quantitative estimate of drug-likeness (QED) is 0.817. The third-order valence-electron chi connectivity index (χ3n) is 3.46. The number of aliphatic hydroxyl groups is 1. The largest absolute Gasteiger partial charge is 0.460 e. The van der Waals surface area contributed by atoms with Gasteiger partial charge in [-0.15, -0.1) is 0 Å². The number of furan rings is 1. The summed E-state index contributed by atoms with van der Waals surface area (Å²) in [6, 6.07) is 8.68. The molecule has 5 heteroatoms. The van der Waals surface area contributed by atoms with E-state index in [1.54, 1.807) is 31.7 Å². The van der Waals surface area contributed by atoms with Crippen LogP contribution in [0.3, 0.4) is 0 Å². The molecule has 0 amide bonds. The summed E-state index contributed by atoms with van der Waals surface area (Å²) in [7, 11) is 0. The summed E-state index contributed by atoms with van der Waals surface area (Å²) in [4.78, 5) is 0. The van der Waals surface area contributed by atoms with Crippen LogP contribution in [0.5, 0.6) is 0 Å². The first kappa shape index (κ1) is 17.1. The highest BCUT2D eigenvalue weighted by Gasteiger charge is 2.19. The van der Waals surface area contributed by atoms with Crippen molar-refractivity contribution in [2.75, 3.05) is 18.6 Å². The first-order valence-corrected chi connectivity index (χ1v) is 8.58. The topological polar surface area (TPSA) is 45.4 Å². The monoisotopic (exact) mass is 323 g/mol. The second kappa shape index (κ2) is 7.31. The van der Waals surface area contributed by atoms with E-state index in [1.165, 1.54) is 6.07 Å². The van der Waals surface area contributed by atoms with Gasteiger partial charge in [0.1, 0.15) is 17.3 Å². The Morgan fingerprint density at radius 3 is 2.82 bits per heavy atom. The Kier molecular flexibility index (Phi) is 5.67. The van der Waals surface area contributed by atoms with Gasteiger partial charge in [-0.3, -0.25) is 0 Å². The Balaban J connectivity index is 1.99. The predicted molar refractivity (Wildman–Crippen MR) is 89.6 cm³/mol. The van der Waals surface area contributed by atoms with Crippen molar-refractivity contribution < 1.29 is 13.9 Å². The first-order valence-electron chi connectivity index (χ1n) is 7.19. The molecule has 0 spiro atoms. The number of benzene rings is 1. The van der Waals surface area contributed by atoms with Crippen LogP contribution in [-0.2, 0) is 6.54 Å². The number of hydrogen-bond donors (Lipinski definition) is 2. The van der Waals surface area contributed by atoms with Gasteiger partial charge in [0.15, 0.2) is 0 Å². The number of hydrogen-bond acceptors (Lipinski definition) is 4. The van der Waals surface area contributed by atoms with Crippen LogP contribution in [0, 0.1) is 12.7 Å². The molecule has 0 bridgehead atoms. The zero-order chi connectivity index (χ0) is 16.2. The molecule has 2 N–H and O–H groups in total. The standard InChI is InChI=1S/C17H22FNO2S/c1-12-14(5-4-6-15(12)18)16-8-7-13(21-16)9-19-10-17(2,20)11-22-3/h4-8,19-20H,9-11H2,1-3H3. The Bertz CT molecular complexity index is 625. The number of thioether (sulfide) groups is 1. The van der Waals surface area contributed by atoms with Crippen LogP contribution in [-0.4, -0.2) is 29.3 Å². The maximum atomic E-state index is 13.6. The van der Waals surface area contributed by atoms with Gasteiger partial charge in [0.05, 0.1) is 12.1 Å². The molecule has 2 rings (SSSR count). The zero-order valence-corrected chi connectivity index (χ0v) is 14.0. The molecule has 3 nitrogen and oxygen atoms in total. The van der Waals surface area contributed by atoms with Crippen LogP contribution in [0.25, 0.3) is 11.3 Å². The van der Waals surface area contributed by atoms with Crippen LogP contribution in [0.15, 0.2) is 34.7 Å². The zero-order valence-electron chi connectivity index (χ0n) is 13.1. The number of halogens is 1. The molecule has 0 saturated heterocycles. The maximum Gasteiger partial charge on any atom is 0.134 e. The van der Waals surface area contributed by atoms with Gasteiger partial charge in [-0.25, -0.2) is 4.39 Å². The highest BCUT2D eigenvalue weighted by atomic mass is 32.2. The molecule has 1 aromatic carbocycles. The number of nitrogens with one attached hydrogen (secondary N) is 1. The lowest BCUT2D eigenvalue weighted by Crippen LogP contribution is -2.39. The summed E-state index contributed by atoms with van der Waals surface area (Å²) in [5.74, 6) is 1.86. The van der Waals surface area contributed by atoms with Gasteiger partial charge in [0.25, 0.3) is 0 Å². The van der Waals surface area contributed by atoms with Gasteiger partial charge in [0, 0.05) is 17.9 Å². The smallest absolute Gasteiger partial charge is 0.134 e. The van der Waals surface area contributed by atoms with E-state index in [1.807, 2.05) is 24.5 Å². The summed E-state index contributed by atoms with van der Waals surface area (Å²) in [6.45, 7) is 4.56. The Hall–Kier alpha value is -1.30. The summed E-state index contributed by atoms with van der Waals surface area (Å²) >= 11 is 1.61. The van der Waals surface area contributed by atoms with Gasteiger partial charge in [-0.2, -0.15) is 11.8 Å². The predicted octanol–water partition coefficient (Wildman–Crippen LogP) is 3.60. The van der Waals surface area contributed by atoms with Gasteiger partial charge >= 0.3 is 0 Å². The van der Waals surface area contributed by atoms with Crippen molar-refractivity contribution in [3.8, 4) is 11.3 Å². The van der Waals surface area contributed by atoms with Gasteiger partial charge in [-0.05, 0) is 43.9 Å². The summed E-state index contributed by atoms with van der Waals surface area (Å²) in [5.41, 5.74) is 0.605. The van der Waals surface area contributed by atoms with Crippen molar-refractivity contribution in [1.82, 2.24) is 5.32 Å². The lowest BCUT2D eigenvalue weighted by Gasteiger charge is -2.22. The molecule has 0 saturated carbocycles. The molecule has 22 heavy (non-hydrogen) atoms. The maximum absolute atomic E-state index is 13.6. The van der Waals surface area contributed by atoms with E-state index < -0.39 is 5.60 Å². The van der Waals surface area contributed by atoms with E-state index in [-0.39, 0.29) is 5.82 Å². The lowest BCUT2D eigenvalue weighted by atomic mass is 10.1. The molecule has 0 radical (unpaired) electrons. The molecule has 0 aliphatic rings. The normalized spacial score (nSPS) is 14.0. The van der Waals surface area contributed by atoms with E-state index in [9.17, 15) is 9.50 Å². The first-order chi connectivity index (χ1) is 10.4. The van der Waals surface area contributed by atoms with E-state index in [2.05, 4.69) is 5.32 Å². The lowest BCUT2D eigenvalue weighted by molar-refractivity contribution is 0.0841. The van der Waals surface area contributed by atoms with Crippen molar-refractivity contribution in [1.29, 1.82) is 0 Å². The molecular weight excluding hydrogens is 301 g/mol. The van der Waals surface area contributed by atoms with Gasteiger partial charge in [0.2, 0.25) is 0 Å². The fourth-order valence-corrected chi connectivity index (χ4v) is 3.03. The molecule has 1 aromatic heterocycles. The molecule has 0 aliphatic heterocycles. The fraction of sp³-hybridized carbons (Fsp3) is 0.412. The van der Waals surface area contributed by atoms with Gasteiger partial charge < -0.3 is 14.8 Å². The molecule has 120 valence electrons. The third-order valence-corrected chi connectivity index (χ3v) is 4.37. The highest BCUT2D eigenvalue weighted by Crippen LogP contribution is 2.26. The van der Waals surface area contributed by atoms with Crippen LogP contribution in [0.1, 0.15) is 18.2 Å². The Labute approximate surface area is 134 Å². The van der Waals surface area contributed by atoms with E-state index in [0.717, 1.165) is 11.3 Å². The van der Waals surface area contributed by atoms with Crippen LogP contribution >= 0.6 is 11.8 Å². The minimum absolute atomic E-state index is 0.235. The minimum atomic E-state index is -0.742. The summed E-state index contributed by atoms with van der Waals surface area (Å²) in [6.07, 6.45) is 1.97. The average molecular weight is 323 g/mol. The molecule has 1 unspecified atom stereocenters. The van der Waals surface area contributed by atoms with Gasteiger partial charge in [-0.1, -0.05) is 12.1 Å². The molecule has 1 heterocycles. The number of rotatable bonds is 7. The summed E-state index contributed by atoms with van der Waals surface area (Å²) in [5, 5.41) is 13.3. The average Bonchev–Trinajstić information content (AvgIpc) is 2.90. The van der Waals surface area contributed by atoms with E-state index >= 15 is 0 Å². The van der Waals surface area contributed by atoms with Crippen LogP contribution in [0.2, 0.25) is 0 Å². The Morgan fingerprint density at radius 2 is 2.09 bits per heavy atom. The molecule has 1 atom stereocenters. The van der Waals surface area contributed by atoms with Crippen molar-refractivity contribution in [3.05, 3.63) is 47.5 Å². The van der Waals surface area contributed by atoms with Crippen molar-refractivity contribution in [2.24, 2.45) is 0 Å². The van der Waals surface area contributed by atoms with E-state index in [4.69, 9.17) is 4.42 Å². The minimum Gasteiger partial charge on any atom is -0.460 e. The molecular formula is C17H22FNO2S. The second-order valence-electron chi connectivity index (χ2n) is 5.71. The third kappa shape index (κ3) is 4.35. The van der Waals surface area contributed by atoms with Crippen LogP contribution < -0.4 is 5.32 Å². The fourth-order valence-electron chi connectivity index (χ4n) is 2.31. The van der Waals surface area contributed by atoms with Crippen LogP contribution in [0.4, 0.5) is 4.39 Å². The molecule has 2 aromatic rings. The Morgan fingerprint density at radius 1 is 1.32 bits per heavy atom.